The Kier molecular flexibility index (Phi) is 12.6. The molecule has 0 spiro atoms. The van der Waals surface area contributed by atoms with Gasteiger partial charge in [0.1, 0.15) is 0 Å². The van der Waals surface area contributed by atoms with Crippen LogP contribution in [0.25, 0.3) is 0 Å². The molecule has 0 aromatic carbocycles. The van der Waals surface area contributed by atoms with Gasteiger partial charge >= 0.3 is 0 Å². The van der Waals surface area contributed by atoms with Gasteiger partial charge in [0.25, 0.3) is 0 Å². The molecule has 0 heterocycles. The molecular weight excluding hydrogens is 352 g/mol. The van der Waals surface area contributed by atoms with E-state index in [1.54, 1.807) is 6.92 Å². The Morgan fingerprint density at radius 3 is 1.46 bits per heavy atom. The largest absolute Gasteiger partial charge is 0.489 e. The number of allylic oxidation sites excluding steroid dienone is 2. The van der Waals surface area contributed by atoms with Gasteiger partial charge in [0, 0.05) is 11.1 Å². The van der Waals surface area contributed by atoms with Crippen LogP contribution in [0.5, 0.6) is 0 Å². The number of hydrogen-bond donors (Lipinski definition) is 0. The fourth-order valence-electron chi connectivity index (χ4n) is 3.74. The predicted octanol–water partition coefficient (Wildman–Crippen LogP) is 6.25. The van der Waals surface area contributed by atoms with Crippen molar-refractivity contribution in [3.63, 3.8) is 0 Å². The second kappa shape index (κ2) is 14.4. The molecule has 1 rings (SSSR count). The Labute approximate surface area is 171 Å². The van der Waals surface area contributed by atoms with Crippen LogP contribution in [0.4, 0.5) is 0 Å². The molecule has 0 saturated heterocycles. The highest BCUT2D eigenvalue weighted by Crippen LogP contribution is 2.28. The van der Waals surface area contributed by atoms with E-state index < -0.39 is 0 Å². The van der Waals surface area contributed by atoms with Crippen LogP contribution in [0.1, 0.15) is 96.8 Å². The smallest absolute Gasteiger partial charge is 0.228 e. The fraction of sp³-hybridized carbons (Fsp3) is 0.708. The van der Waals surface area contributed by atoms with Crippen LogP contribution < -0.4 is 0 Å². The average Bonchev–Trinajstić information content (AvgIpc) is 2.70. The Balaban J connectivity index is 2.17. The quantitative estimate of drug-likeness (QED) is 0.230. The summed E-state index contributed by atoms with van der Waals surface area (Å²) >= 11 is 0. The summed E-state index contributed by atoms with van der Waals surface area (Å²) in [6.07, 6.45) is 16.8. The maximum absolute atomic E-state index is 12.6. The molecule has 1 radical (unpaired) electrons. The highest BCUT2D eigenvalue weighted by molar-refractivity contribution is 6.23. The minimum atomic E-state index is -0.236. The van der Waals surface area contributed by atoms with Crippen molar-refractivity contribution >= 4 is 11.6 Å². The van der Waals surface area contributed by atoms with Crippen LogP contribution in [0.3, 0.4) is 0 Å². The standard InChI is InChI=1S/C24H39O4/c1-5-6-7-8-9-10-11-12-13-14-15-16-17-18-20-19(2)21(25)23(27-3)24(28-4)22(20)26/h1,5-18H2,2-4H3. The SMILES string of the molecule is [CH2]CCCCCCCCCCCCCCC1=C(C)C(=O)C(OC)=C(OC)C1=O. The molecule has 0 atom stereocenters. The average molecular weight is 392 g/mol. The lowest BCUT2D eigenvalue weighted by atomic mass is 9.89. The van der Waals surface area contributed by atoms with Crippen LogP contribution in [0, 0.1) is 6.92 Å². The minimum Gasteiger partial charge on any atom is -0.489 e. The van der Waals surface area contributed by atoms with Gasteiger partial charge in [0.05, 0.1) is 14.2 Å². The minimum absolute atomic E-state index is 0.0242. The lowest BCUT2D eigenvalue weighted by Crippen LogP contribution is -2.25. The molecule has 1 aliphatic rings. The summed E-state index contributed by atoms with van der Waals surface area (Å²) in [5.74, 6) is -0.373. The molecule has 0 bridgehead atoms. The molecule has 1 aliphatic carbocycles. The first-order valence-corrected chi connectivity index (χ1v) is 11.0. The lowest BCUT2D eigenvalue weighted by molar-refractivity contribution is -0.121. The first kappa shape index (κ1) is 24.5. The van der Waals surface area contributed by atoms with E-state index in [9.17, 15) is 9.59 Å². The van der Waals surface area contributed by atoms with Crippen molar-refractivity contribution in [1.82, 2.24) is 0 Å². The molecule has 0 saturated carbocycles. The van der Waals surface area contributed by atoms with E-state index in [-0.39, 0.29) is 23.1 Å². The van der Waals surface area contributed by atoms with Crippen molar-refractivity contribution in [2.75, 3.05) is 14.2 Å². The van der Waals surface area contributed by atoms with Gasteiger partial charge in [-0.1, -0.05) is 84.0 Å². The predicted molar refractivity (Wildman–Crippen MR) is 114 cm³/mol. The summed E-state index contributed by atoms with van der Waals surface area (Å²) in [5, 5.41) is 0. The van der Waals surface area contributed by atoms with Crippen LogP contribution >= 0.6 is 0 Å². The molecule has 4 nitrogen and oxygen atoms in total. The van der Waals surface area contributed by atoms with E-state index in [2.05, 4.69) is 6.92 Å². The van der Waals surface area contributed by atoms with Crippen molar-refractivity contribution in [3.05, 3.63) is 29.6 Å². The zero-order valence-corrected chi connectivity index (χ0v) is 18.2. The maximum atomic E-state index is 12.6. The van der Waals surface area contributed by atoms with Crippen LogP contribution in [-0.2, 0) is 19.1 Å². The number of methoxy groups -OCH3 is 2. The molecule has 0 aromatic heterocycles. The fourth-order valence-corrected chi connectivity index (χ4v) is 3.74. The van der Waals surface area contributed by atoms with Crippen molar-refractivity contribution < 1.29 is 19.1 Å². The number of Topliss-reactive ketones (excluding diaryl/α,β-unsaturated/α-hetero) is 2. The van der Waals surface area contributed by atoms with Gasteiger partial charge in [-0.3, -0.25) is 9.59 Å². The zero-order chi connectivity index (χ0) is 20.8. The van der Waals surface area contributed by atoms with E-state index in [1.807, 2.05) is 0 Å². The van der Waals surface area contributed by atoms with Gasteiger partial charge in [-0.2, -0.15) is 0 Å². The van der Waals surface area contributed by atoms with Gasteiger partial charge in [0.2, 0.25) is 23.1 Å². The zero-order valence-electron chi connectivity index (χ0n) is 18.2. The van der Waals surface area contributed by atoms with Gasteiger partial charge in [-0.05, 0) is 19.8 Å². The molecule has 0 fully saturated rings. The molecule has 28 heavy (non-hydrogen) atoms. The third kappa shape index (κ3) is 7.81. The lowest BCUT2D eigenvalue weighted by Gasteiger charge is -2.20. The van der Waals surface area contributed by atoms with Crippen LogP contribution in [0.2, 0.25) is 0 Å². The van der Waals surface area contributed by atoms with E-state index in [1.165, 1.54) is 78.4 Å². The monoisotopic (exact) mass is 391 g/mol. The summed E-state index contributed by atoms with van der Waals surface area (Å²) in [7, 11) is 2.79. The van der Waals surface area contributed by atoms with Gasteiger partial charge in [-0.25, -0.2) is 0 Å². The summed E-state index contributed by atoms with van der Waals surface area (Å²) in [6, 6.07) is 0. The third-order valence-corrected chi connectivity index (χ3v) is 5.52. The number of ketones is 2. The topological polar surface area (TPSA) is 52.6 Å². The molecule has 0 aliphatic heterocycles. The van der Waals surface area contributed by atoms with E-state index in [0.29, 0.717) is 17.6 Å². The molecule has 159 valence electrons. The number of carbonyl (C=O) groups is 2. The number of ether oxygens (including phenoxy) is 2. The molecule has 0 unspecified atom stereocenters. The summed E-state index contributed by atoms with van der Waals surface area (Å²) < 4.78 is 10.2. The highest BCUT2D eigenvalue weighted by atomic mass is 16.5. The number of unbranched alkanes of at least 4 members (excludes halogenated alkanes) is 12. The Morgan fingerprint density at radius 1 is 0.643 bits per heavy atom. The molecular formula is C24H39O4. The molecule has 4 heteroatoms. The van der Waals surface area contributed by atoms with E-state index in [0.717, 1.165) is 19.3 Å². The molecule has 0 aromatic rings. The van der Waals surface area contributed by atoms with Gasteiger partial charge in [0.15, 0.2) is 0 Å². The second-order valence-corrected chi connectivity index (χ2v) is 7.67. The molecule has 0 amide bonds. The van der Waals surface area contributed by atoms with E-state index >= 15 is 0 Å². The first-order valence-electron chi connectivity index (χ1n) is 11.0. The third-order valence-electron chi connectivity index (χ3n) is 5.52. The second-order valence-electron chi connectivity index (χ2n) is 7.67. The van der Waals surface area contributed by atoms with Gasteiger partial charge in [-0.15, -0.1) is 0 Å². The highest BCUT2D eigenvalue weighted by Gasteiger charge is 2.34. The summed E-state index contributed by atoms with van der Waals surface area (Å²) in [4.78, 5) is 24.9. The van der Waals surface area contributed by atoms with Crippen LogP contribution in [-0.4, -0.2) is 25.8 Å². The van der Waals surface area contributed by atoms with Gasteiger partial charge < -0.3 is 9.47 Å². The summed E-state index contributed by atoms with van der Waals surface area (Å²) in [6.45, 7) is 5.59. The maximum Gasteiger partial charge on any atom is 0.228 e. The van der Waals surface area contributed by atoms with Crippen molar-refractivity contribution in [2.45, 2.75) is 96.8 Å². The van der Waals surface area contributed by atoms with Crippen molar-refractivity contribution in [2.24, 2.45) is 0 Å². The Hall–Kier alpha value is -1.58. The normalized spacial score (nSPS) is 14.9. The Bertz CT molecular complexity index is 557. The first-order chi connectivity index (χ1) is 13.6. The van der Waals surface area contributed by atoms with Crippen LogP contribution in [0.15, 0.2) is 22.7 Å². The van der Waals surface area contributed by atoms with Crippen molar-refractivity contribution in [1.29, 1.82) is 0 Å². The van der Waals surface area contributed by atoms with E-state index in [4.69, 9.17) is 9.47 Å². The van der Waals surface area contributed by atoms with Crippen molar-refractivity contribution in [3.8, 4) is 0 Å². The number of hydrogen-bond acceptors (Lipinski definition) is 4. The molecule has 0 N–H and O–H groups in total. The summed E-state index contributed by atoms with van der Waals surface area (Å²) in [5.41, 5.74) is 1.08. The number of rotatable bonds is 16. The number of carbonyl (C=O) groups excluding carboxylic acids is 2. The Morgan fingerprint density at radius 2 is 1.04 bits per heavy atom.